The zero-order valence-electron chi connectivity index (χ0n) is 42.7. The molecule has 0 heterocycles. The van der Waals surface area contributed by atoms with E-state index < -0.39 is 57.6 Å². The number of rotatable bonds is 51. The Labute approximate surface area is 409 Å². The molecular weight excluding hydrogens is 866 g/mol. The molecule has 0 radical (unpaired) electrons. The topological polar surface area (TPSA) is 169 Å². The molecule has 12 heteroatoms. The molecule has 0 rings (SSSR count). The van der Waals surface area contributed by atoms with Gasteiger partial charge in [0.25, 0.3) is 0 Å². The summed E-state index contributed by atoms with van der Waals surface area (Å²) >= 11 is 0. The monoisotopic (exact) mass is 966 g/mol. The van der Waals surface area contributed by atoms with Gasteiger partial charge in [-0.25, -0.2) is 9.36 Å². The van der Waals surface area contributed by atoms with Gasteiger partial charge in [-0.3, -0.25) is 18.6 Å². The number of aliphatic hydroxyl groups is 1. The lowest BCUT2D eigenvalue weighted by Crippen LogP contribution is -2.43. The number of carbonyl (C=O) groups is 3. The van der Waals surface area contributed by atoms with Gasteiger partial charge in [-0.05, 0) is 57.8 Å². The van der Waals surface area contributed by atoms with Crippen LogP contribution in [0.1, 0.15) is 251 Å². The lowest BCUT2D eigenvalue weighted by Gasteiger charge is -2.18. The number of allylic oxidation sites excluding steroid dienone is 8. The van der Waals surface area contributed by atoms with Crippen molar-refractivity contribution in [3.05, 3.63) is 48.6 Å². The first kappa shape index (κ1) is 64.4. The van der Waals surface area contributed by atoms with Gasteiger partial charge < -0.3 is 25.2 Å². The first-order chi connectivity index (χ1) is 32.6. The van der Waals surface area contributed by atoms with Crippen molar-refractivity contribution in [1.82, 2.24) is 5.32 Å². The number of phosphoric ester groups is 1. The summed E-state index contributed by atoms with van der Waals surface area (Å²) in [7, 11) is -4.77. The lowest BCUT2D eigenvalue weighted by molar-refractivity contribution is -0.147. The third kappa shape index (κ3) is 49.7. The number of aliphatic hydroxyl groups excluding tert-OH is 1. The number of carboxylic acids is 1. The van der Waals surface area contributed by atoms with Crippen LogP contribution >= 0.6 is 7.82 Å². The Kier molecular flexibility index (Phi) is 47.9. The van der Waals surface area contributed by atoms with Gasteiger partial charge in [-0.2, -0.15) is 0 Å². The second-order valence-electron chi connectivity index (χ2n) is 18.4. The van der Waals surface area contributed by atoms with Gasteiger partial charge in [0.1, 0.15) is 12.7 Å². The van der Waals surface area contributed by atoms with Crippen molar-refractivity contribution in [2.24, 2.45) is 0 Å². The van der Waals surface area contributed by atoms with Crippen molar-refractivity contribution in [2.45, 2.75) is 264 Å². The van der Waals surface area contributed by atoms with Gasteiger partial charge >= 0.3 is 19.8 Å². The number of nitrogens with one attached hydrogen (secondary N) is 1. The molecule has 0 bridgehead atoms. The van der Waals surface area contributed by atoms with E-state index in [4.69, 9.17) is 13.8 Å². The normalized spacial score (nSPS) is 13.9. The summed E-state index contributed by atoms with van der Waals surface area (Å²) < 4.78 is 27.0. The predicted octanol–water partition coefficient (Wildman–Crippen LogP) is 15.3. The highest BCUT2D eigenvalue weighted by Gasteiger charge is 2.28. The molecule has 3 unspecified atom stereocenters. The van der Waals surface area contributed by atoms with Crippen LogP contribution in [-0.2, 0) is 32.7 Å². The molecule has 0 aliphatic carbocycles. The second kappa shape index (κ2) is 49.8. The maximum atomic E-state index is 12.4. The molecule has 0 aliphatic heterocycles. The van der Waals surface area contributed by atoms with E-state index in [1.165, 1.54) is 141 Å². The van der Waals surface area contributed by atoms with Gasteiger partial charge in [-0.15, -0.1) is 0 Å². The van der Waals surface area contributed by atoms with Crippen molar-refractivity contribution in [1.29, 1.82) is 0 Å². The fourth-order valence-corrected chi connectivity index (χ4v) is 8.43. The van der Waals surface area contributed by atoms with Crippen molar-refractivity contribution >= 4 is 25.7 Å². The molecule has 0 aromatic rings. The van der Waals surface area contributed by atoms with Crippen LogP contribution in [0.15, 0.2) is 48.6 Å². The fraction of sp³-hybridized carbons (Fsp3) is 0.800. The summed E-state index contributed by atoms with van der Waals surface area (Å²) in [4.78, 5) is 46.2. The van der Waals surface area contributed by atoms with Crippen LogP contribution in [0.4, 0.5) is 0 Å². The summed E-state index contributed by atoms with van der Waals surface area (Å²) in [5.41, 5.74) is 0. The standard InChI is InChI=1S/C55H100NO10P/c1-3-5-7-9-11-13-15-17-19-21-23-25-27-28-30-32-34-36-38-40-42-44-46-53(58)56-52(55(60)61)50-66-67(62,63)65-49-51(57)48-64-54(59)47-45-43-41-39-37-35-33-31-29-26-24-22-20-18-16-14-12-10-8-6-4-2/h12,14,18,20,24,26,31,33,51-52,57H,3-11,13,15-17,19,21-23,25,27-30,32,34-50H2,1-2H3,(H,56,58)(H,60,61)(H,62,63)/b14-12-,20-18-,26-24-,33-31-. The molecule has 3 atom stereocenters. The number of ether oxygens (including phenoxy) is 1. The van der Waals surface area contributed by atoms with E-state index in [2.05, 4.69) is 67.8 Å². The molecule has 11 nitrogen and oxygen atoms in total. The number of phosphoric acid groups is 1. The Balaban J connectivity index is 3.82. The minimum atomic E-state index is -4.77. The number of esters is 1. The summed E-state index contributed by atoms with van der Waals surface area (Å²) in [5.74, 6) is -2.38. The van der Waals surface area contributed by atoms with Gasteiger partial charge in [0.15, 0.2) is 6.04 Å². The molecule has 0 saturated heterocycles. The molecular formula is C55H100NO10P. The van der Waals surface area contributed by atoms with Crippen molar-refractivity contribution in [3.8, 4) is 0 Å². The molecule has 0 spiro atoms. The fourth-order valence-electron chi connectivity index (χ4n) is 7.65. The van der Waals surface area contributed by atoms with Crippen molar-refractivity contribution < 1.29 is 47.8 Å². The van der Waals surface area contributed by atoms with Crippen LogP contribution in [0.5, 0.6) is 0 Å². The molecule has 0 aliphatic rings. The average Bonchev–Trinajstić information content (AvgIpc) is 3.31. The van der Waals surface area contributed by atoms with E-state index in [9.17, 15) is 34.1 Å². The van der Waals surface area contributed by atoms with E-state index in [0.29, 0.717) is 12.8 Å². The number of aliphatic carboxylic acids is 1. The number of hydrogen-bond acceptors (Lipinski definition) is 8. The smallest absolute Gasteiger partial charge is 0.472 e. The molecule has 0 saturated carbocycles. The number of carboxylic acid groups (broad SMARTS) is 1. The first-order valence-electron chi connectivity index (χ1n) is 27.2. The Morgan fingerprint density at radius 2 is 0.821 bits per heavy atom. The zero-order valence-corrected chi connectivity index (χ0v) is 43.6. The van der Waals surface area contributed by atoms with E-state index >= 15 is 0 Å². The van der Waals surface area contributed by atoms with E-state index in [0.717, 1.165) is 70.6 Å². The predicted molar refractivity (Wildman–Crippen MR) is 277 cm³/mol. The zero-order chi connectivity index (χ0) is 49.2. The molecule has 1 amide bonds. The summed E-state index contributed by atoms with van der Waals surface area (Å²) in [6.45, 7) is 2.59. The van der Waals surface area contributed by atoms with Crippen LogP contribution in [0.2, 0.25) is 0 Å². The van der Waals surface area contributed by atoms with Gasteiger partial charge in [0, 0.05) is 12.8 Å². The van der Waals surface area contributed by atoms with Crippen LogP contribution < -0.4 is 5.32 Å². The van der Waals surface area contributed by atoms with E-state index in [-0.39, 0.29) is 12.8 Å². The summed E-state index contributed by atoms with van der Waals surface area (Å²) in [6, 6.07) is -1.55. The Hall–Kier alpha value is -2.56. The van der Waals surface area contributed by atoms with Gasteiger partial charge in [-0.1, -0.05) is 229 Å². The second-order valence-corrected chi connectivity index (χ2v) is 19.9. The molecule has 4 N–H and O–H groups in total. The average molecular weight is 966 g/mol. The number of hydrogen-bond donors (Lipinski definition) is 4. The number of amides is 1. The summed E-state index contributed by atoms with van der Waals surface area (Å²) in [6.07, 6.45) is 58.5. The van der Waals surface area contributed by atoms with Gasteiger partial charge in [0.05, 0.1) is 13.2 Å². The number of carbonyl (C=O) groups excluding carboxylic acids is 2. The highest BCUT2D eigenvalue weighted by molar-refractivity contribution is 7.47. The van der Waals surface area contributed by atoms with E-state index in [1.807, 2.05) is 0 Å². The van der Waals surface area contributed by atoms with Crippen LogP contribution in [0.3, 0.4) is 0 Å². The largest absolute Gasteiger partial charge is 0.480 e. The minimum Gasteiger partial charge on any atom is -0.480 e. The van der Waals surface area contributed by atoms with Crippen LogP contribution in [-0.4, -0.2) is 64.9 Å². The highest BCUT2D eigenvalue weighted by Crippen LogP contribution is 2.43. The van der Waals surface area contributed by atoms with Gasteiger partial charge in [0.2, 0.25) is 5.91 Å². The Morgan fingerprint density at radius 3 is 1.25 bits per heavy atom. The SMILES string of the molecule is CCCCC/C=C\C/C=C\C/C=C\C/C=C\CCCCCCCC(=O)OCC(O)COP(=O)(O)OCC(NC(=O)CCCCCCCCCCCCCCCCCCCCCCCC)C(=O)O. The van der Waals surface area contributed by atoms with Crippen molar-refractivity contribution in [3.63, 3.8) is 0 Å². The van der Waals surface area contributed by atoms with Crippen LogP contribution in [0, 0.1) is 0 Å². The Bertz CT molecular complexity index is 1320. The lowest BCUT2D eigenvalue weighted by atomic mass is 10.0. The molecule has 0 aromatic carbocycles. The summed E-state index contributed by atoms with van der Waals surface area (Å²) in [5, 5.41) is 22.0. The highest BCUT2D eigenvalue weighted by atomic mass is 31.2. The third-order valence-electron chi connectivity index (χ3n) is 11.9. The minimum absolute atomic E-state index is 0.147. The first-order valence-corrected chi connectivity index (χ1v) is 28.7. The maximum absolute atomic E-state index is 12.4. The Morgan fingerprint density at radius 1 is 0.478 bits per heavy atom. The molecule has 390 valence electrons. The maximum Gasteiger partial charge on any atom is 0.472 e. The quantitative estimate of drug-likeness (QED) is 0.0199. The molecule has 0 aromatic heterocycles. The van der Waals surface area contributed by atoms with Crippen molar-refractivity contribution in [2.75, 3.05) is 19.8 Å². The van der Waals surface area contributed by atoms with E-state index in [1.54, 1.807) is 0 Å². The van der Waals surface area contributed by atoms with Crippen LogP contribution in [0.25, 0.3) is 0 Å². The number of unbranched alkanes of at least 4 members (excludes halogenated alkanes) is 29. The molecule has 0 fully saturated rings. The third-order valence-corrected chi connectivity index (χ3v) is 12.8. The molecule has 67 heavy (non-hydrogen) atoms.